The Hall–Kier alpha value is -1.26. The second kappa shape index (κ2) is 7.55. The van der Waals surface area contributed by atoms with Gasteiger partial charge in [0.25, 0.3) is 0 Å². The molecule has 4 atom stereocenters. The summed E-state index contributed by atoms with van der Waals surface area (Å²) in [5, 5.41) is 19.3. The smallest absolute Gasteiger partial charge is 0.160 e. The van der Waals surface area contributed by atoms with Gasteiger partial charge in [-0.15, -0.1) is 0 Å². The number of methoxy groups -OCH3 is 1. The van der Waals surface area contributed by atoms with E-state index in [1.54, 1.807) is 7.11 Å². The number of nitrogens with zero attached hydrogens (tertiary/aromatic N) is 2. The first-order chi connectivity index (χ1) is 11.9. The topological polar surface area (TPSA) is 54.2 Å². The fourth-order valence-corrected chi connectivity index (χ4v) is 4.21. The van der Waals surface area contributed by atoms with Gasteiger partial charge in [0, 0.05) is 24.5 Å². The van der Waals surface area contributed by atoms with Crippen molar-refractivity contribution in [3.05, 3.63) is 23.8 Å². The number of allylic oxidation sites excluding steroid dienone is 2. The summed E-state index contributed by atoms with van der Waals surface area (Å²) in [7, 11) is 1.57. The van der Waals surface area contributed by atoms with Crippen LogP contribution in [0.2, 0.25) is 0 Å². The number of aliphatic hydroxyl groups is 1. The van der Waals surface area contributed by atoms with Crippen LogP contribution in [0.1, 0.15) is 52.9 Å². The molecule has 0 saturated heterocycles. The highest BCUT2D eigenvalue weighted by molar-refractivity contribution is 6.27. The molecule has 25 heavy (non-hydrogen) atoms. The van der Waals surface area contributed by atoms with Gasteiger partial charge in [-0.05, 0) is 56.8 Å². The first-order valence-electron chi connectivity index (χ1n) is 9.65. The molecule has 1 fully saturated rings. The number of rotatable bonds is 7. The SMILES string of the molecule is C=C1C(CCC(C)C)=NN=C1C1CC(C(O)OC)C(C)=CC1C1CC1. The molecule has 138 valence electrons. The molecule has 1 heterocycles. The van der Waals surface area contributed by atoms with Gasteiger partial charge < -0.3 is 9.84 Å². The van der Waals surface area contributed by atoms with Gasteiger partial charge in [0.05, 0.1) is 11.4 Å². The Morgan fingerprint density at radius 1 is 1.32 bits per heavy atom. The number of ether oxygens (including phenoxy) is 1. The maximum absolute atomic E-state index is 10.3. The van der Waals surface area contributed by atoms with Crippen LogP contribution in [0.3, 0.4) is 0 Å². The van der Waals surface area contributed by atoms with Gasteiger partial charge in [0.2, 0.25) is 0 Å². The third-order valence-electron chi connectivity index (χ3n) is 6.01. The van der Waals surface area contributed by atoms with E-state index in [0.29, 0.717) is 17.8 Å². The molecule has 1 N–H and O–H groups in total. The summed E-state index contributed by atoms with van der Waals surface area (Å²) < 4.78 is 5.22. The Kier molecular flexibility index (Phi) is 5.59. The summed E-state index contributed by atoms with van der Waals surface area (Å²) in [4.78, 5) is 0. The molecule has 3 rings (SSSR count). The van der Waals surface area contributed by atoms with Crippen LogP contribution in [-0.4, -0.2) is 29.9 Å². The highest BCUT2D eigenvalue weighted by Crippen LogP contribution is 2.49. The molecule has 0 spiro atoms. The third-order valence-corrected chi connectivity index (χ3v) is 6.01. The minimum absolute atomic E-state index is 0.0280. The normalized spacial score (nSPS) is 31.0. The maximum Gasteiger partial charge on any atom is 0.160 e. The molecule has 1 saturated carbocycles. The molecule has 0 radical (unpaired) electrons. The fraction of sp³-hybridized carbons (Fsp3) is 0.714. The molecule has 2 aliphatic carbocycles. The minimum atomic E-state index is -0.754. The van der Waals surface area contributed by atoms with E-state index in [4.69, 9.17) is 4.74 Å². The Morgan fingerprint density at radius 2 is 2.04 bits per heavy atom. The Balaban J connectivity index is 1.77. The fourth-order valence-electron chi connectivity index (χ4n) is 4.21. The first-order valence-corrected chi connectivity index (χ1v) is 9.65. The van der Waals surface area contributed by atoms with E-state index in [1.807, 2.05) is 0 Å². The molecular formula is C21H32N2O2. The van der Waals surface area contributed by atoms with Crippen LogP contribution in [0.4, 0.5) is 0 Å². The van der Waals surface area contributed by atoms with Crippen LogP contribution in [-0.2, 0) is 4.74 Å². The molecule has 3 aliphatic rings. The van der Waals surface area contributed by atoms with Crippen molar-refractivity contribution in [2.24, 2.45) is 39.8 Å². The van der Waals surface area contributed by atoms with E-state index in [1.165, 1.54) is 18.4 Å². The summed E-state index contributed by atoms with van der Waals surface area (Å²) in [6.45, 7) is 10.9. The second-order valence-electron chi connectivity index (χ2n) is 8.34. The lowest BCUT2D eigenvalue weighted by atomic mass is 9.69. The maximum atomic E-state index is 10.3. The van der Waals surface area contributed by atoms with E-state index in [9.17, 15) is 5.11 Å². The zero-order valence-corrected chi connectivity index (χ0v) is 16.0. The predicted octanol–water partition coefficient (Wildman–Crippen LogP) is 4.36. The number of hydrogen-bond acceptors (Lipinski definition) is 4. The van der Waals surface area contributed by atoms with Crippen molar-refractivity contribution in [2.75, 3.05) is 7.11 Å². The Labute approximate surface area is 151 Å². The largest absolute Gasteiger partial charge is 0.367 e. The molecule has 1 aliphatic heterocycles. The van der Waals surface area contributed by atoms with Crippen molar-refractivity contribution in [1.82, 2.24) is 0 Å². The minimum Gasteiger partial charge on any atom is -0.367 e. The van der Waals surface area contributed by atoms with Crippen molar-refractivity contribution in [1.29, 1.82) is 0 Å². The number of hydrogen-bond donors (Lipinski definition) is 1. The van der Waals surface area contributed by atoms with E-state index >= 15 is 0 Å². The van der Waals surface area contributed by atoms with E-state index in [-0.39, 0.29) is 5.92 Å². The van der Waals surface area contributed by atoms with Crippen LogP contribution in [0, 0.1) is 29.6 Å². The van der Waals surface area contributed by atoms with Crippen molar-refractivity contribution in [2.45, 2.75) is 59.2 Å². The van der Waals surface area contributed by atoms with Crippen molar-refractivity contribution < 1.29 is 9.84 Å². The van der Waals surface area contributed by atoms with Crippen LogP contribution < -0.4 is 0 Å². The monoisotopic (exact) mass is 344 g/mol. The summed E-state index contributed by atoms with van der Waals surface area (Å²) in [6, 6.07) is 0. The van der Waals surface area contributed by atoms with Crippen LogP contribution in [0.15, 0.2) is 34.0 Å². The van der Waals surface area contributed by atoms with Crippen LogP contribution in [0.25, 0.3) is 0 Å². The molecular weight excluding hydrogens is 312 g/mol. The molecule has 0 aromatic heterocycles. The average molecular weight is 344 g/mol. The Morgan fingerprint density at radius 3 is 2.64 bits per heavy atom. The molecule has 4 heteroatoms. The van der Waals surface area contributed by atoms with Gasteiger partial charge in [0.1, 0.15) is 0 Å². The van der Waals surface area contributed by atoms with Gasteiger partial charge in [-0.3, -0.25) is 0 Å². The summed E-state index contributed by atoms with van der Waals surface area (Å²) in [5.41, 5.74) is 4.36. The summed E-state index contributed by atoms with van der Waals surface area (Å²) in [5.74, 6) is 2.21. The molecule has 0 amide bonds. The predicted molar refractivity (Wildman–Crippen MR) is 103 cm³/mol. The molecule has 4 nitrogen and oxygen atoms in total. The summed E-state index contributed by atoms with van der Waals surface area (Å²) in [6.07, 6.45) is 7.12. The van der Waals surface area contributed by atoms with Gasteiger partial charge in [-0.25, -0.2) is 0 Å². The quantitative estimate of drug-likeness (QED) is 0.551. The van der Waals surface area contributed by atoms with Crippen molar-refractivity contribution >= 4 is 11.4 Å². The van der Waals surface area contributed by atoms with E-state index in [0.717, 1.165) is 42.2 Å². The molecule has 0 bridgehead atoms. The van der Waals surface area contributed by atoms with Crippen LogP contribution in [0.5, 0.6) is 0 Å². The van der Waals surface area contributed by atoms with Crippen LogP contribution >= 0.6 is 0 Å². The average Bonchev–Trinajstić information content (AvgIpc) is 3.36. The van der Waals surface area contributed by atoms with E-state index in [2.05, 4.69) is 43.6 Å². The molecule has 0 aromatic rings. The highest BCUT2D eigenvalue weighted by Gasteiger charge is 2.44. The third kappa shape index (κ3) is 3.95. The van der Waals surface area contributed by atoms with Gasteiger partial charge in [-0.2, -0.15) is 10.2 Å². The lowest BCUT2D eigenvalue weighted by Crippen LogP contribution is -2.36. The lowest BCUT2D eigenvalue weighted by Gasteiger charge is -2.36. The number of aliphatic hydroxyl groups excluding tert-OH is 1. The molecule has 0 aromatic carbocycles. The van der Waals surface area contributed by atoms with Crippen molar-refractivity contribution in [3.8, 4) is 0 Å². The second-order valence-corrected chi connectivity index (χ2v) is 8.34. The first kappa shape index (κ1) is 18.5. The zero-order valence-electron chi connectivity index (χ0n) is 16.0. The lowest BCUT2D eigenvalue weighted by molar-refractivity contribution is -0.108. The Bertz CT molecular complexity index is 613. The van der Waals surface area contributed by atoms with Gasteiger partial charge in [-0.1, -0.05) is 32.1 Å². The van der Waals surface area contributed by atoms with Gasteiger partial charge >= 0.3 is 0 Å². The van der Waals surface area contributed by atoms with E-state index < -0.39 is 6.29 Å². The van der Waals surface area contributed by atoms with Crippen molar-refractivity contribution in [3.63, 3.8) is 0 Å². The highest BCUT2D eigenvalue weighted by atomic mass is 16.6. The molecule has 4 unspecified atom stereocenters. The standard InChI is InChI=1S/C21H32N2O2/c1-12(2)6-9-19-14(4)20(23-22-19)18-11-16(21(24)25-5)13(3)10-17(18)15-7-8-15/h10,12,15-18,21,24H,4,6-9,11H2,1-3,5H3. The zero-order chi connectivity index (χ0) is 18.1. The van der Waals surface area contributed by atoms with Gasteiger partial charge in [0.15, 0.2) is 6.29 Å². The summed E-state index contributed by atoms with van der Waals surface area (Å²) >= 11 is 0.